The van der Waals surface area contributed by atoms with Crippen molar-refractivity contribution in [1.82, 2.24) is 20.1 Å². The van der Waals surface area contributed by atoms with E-state index in [0.717, 1.165) is 18.4 Å². The van der Waals surface area contributed by atoms with Crippen LogP contribution in [0.15, 0.2) is 53.2 Å². The largest absolute Gasteiger partial charge is 0.443 e. The van der Waals surface area contributed by atoms with Crippen LogP contribution < -0.4 is 0 Å². The predicted molar refractivity (Wildman–Crippen MR) is 90.8 cm³/mol. The SMILES string of the molecule is O=C(c1cccnn1)N1CCC[C@@H]1c1ncc(Cc2cccc(F)c2)o1. The van der Waals surface area contributed by atoms with E-state index in [1.807, 2.05) is 6.07 Å². The van der Waals surface area contributed by atoms with Crippen molar-refractivity contribution >= 4 is 5.91 Å². The Balaban J connectivity index is 1.52. The van der Waals surface area contributed by atoms with Crippen LogP contribution in [0, 0.1) is 5.82 Å². The maximum atomic E-state index is 13.3. The number of aromatic nitrogens is 3. The van der Waals surface area contributed by atoms with Gasteiger partial charge >= 0.3 is 0 Å². The van der Waals surface area contributed by atoms with Crippen LogP contribution >= 0.6 is 0 Å². The number of likely N-dealkylation sites (tertiary alicyclic amines) is 1. The molecule has 1 atom stereocenters. The van der Waals surface area contributed by atoms with Gasteiger partial charge in [0.2, 0.25) is 5.89 Å². The first kappa shape index (κ1) is 16.4. The first-order valence-electron chi connectivity index (χ1n) is 8.48. The molecule has 0 N–H and O–H groups in total. The molecule has 2 aromatic heterocycles. The zero-order valence-electron chi connectivity index (χ0n) is 14.0. The standard InChI is InChI=1S/C19H17FN4O2/c20-14-5-1-4-13(10-14)11-15-12-21-18(26-15)17-7-3-9-24(17)19(25)16-6-2-8-22-23-16/h1-2,4-6,8,10,12,17H,3,7,9,11H2/t17-/m1/s1. The molecule has 1 aliphatic heterocycles. The van der Waals surface area contributed by atoms with Gasteiger partial charge in [-0.3, -0.25) is 4.79 Å². The summed E-state index contributed by atoms with van der Waals surface area (Å²) in [6, 6.07) is 9.50. The number of benzene rings is 1. The Hall–Kier alpha value is -3.09. The van der Waals surface area contributed by atoms with Crippen LogP contribution in [-0.4, -0.2) is 32.5 Å². The minimum Gasteiger partial charge on any atom is -0.443 e. The third-order valence-electron chi connectivity index (χ3n) is 4.43. The molecule has 1 aromatic carbocycles. The third kappa shape index (κ3) is 3.33. The molecule has 6 nitrogen and oxygen atoms in total. The third-order valence-corrected chi connectivity index (χ3v) is 4.43. The fraction of sp³-hybridized carbons (Fsp3) is 0.263. The minimum absolute atomic E-state index is 0.175. The topological polar surface area (TPSA) is 72.1 Å². The van der Waals surface area contributed by atoms with Gasteiger partial charge in [-0.15, -0.1) is 5.10 Å². The van der Waals surface area contributed by atoms with E-state index in [4.69, 9.17) is 4.42 Å². The highest BCUT2D eigenvalue weighted by molar-refractivity contribution is 5.92. The lowest BCUT2D eigenvalue weighted by molar-refractivity contribution is 0.0707. The van der Waals surface area contributed by atoms with E-state index in [1.165, 1.54) is 18.3 Å². The molecule has 0 aliphatic carbocycles. The van der Waals surface area contributed by atoms with Crippen molar-refractivity contribution in [2.45, 2.75) is 25.3 Å². The molecule has 1 aliphatic rings. The van der Waals surface area contributed by atoms with E-state index >= 15 is 0 Å². The molecule has 7 heteroatoms. The quantitative estimate of drug-likeness (QED) is 0.721. The van der Waals surface area contributed by atoms with Gasteiger partial charge in [-0.05, 0) is 42.7 Å². The summed E-state index contributed by atoms with van der Waals surface area (Å²) in [5.74, 6) is 0.694. The van der Waals surface area contributed by atoms with Crippen LogP contribution in [0.4, 0.5) is 4.39 Å². The molecule has 26 heavy (non-hydrogen) atoms. The molecule has 132 valence electrons. The molecule has 3 heterocycles. The fourth-order valence-corrected chi connectivity index (χ4v) is 3.24. The smallest absolute Gasteiger partial charge is 0.275 e. The molecule has 0 saturated carbocycles. The lowest BCUT2D eigenvalue weighted by Crippen LogP contribution is -2.31. The average molecular weight is 352 g/mol. The molecule has 0 unspecified atom stereocenters. The fourth-order valence-electron chi connectivity index (χ4n) is 3.24. The molecule has 4 rings (SSSR count). The van der Waals surface area contributed by atoms with Gasteiger partial charge in [-0.2, -0.15) is 5.10 Å². The van der Waals surface area contributed by atoms with Gasteiger partial charge in [0.05, 0.1) is 6.20 Å². The Morgan fingerprint density at radius 2 is 2.23 bits per heavy atom. The van der Waals surface area contributed by atoms with Crippen molar-refractivity contribution in [3.63, 3.8) is 0 Å². The summed E-state index contributed by atoms with van der Waals surface area (Å²) in [6.07, 6.45) is 5.29. The van der Waals surface area contributed by atoms with E-state index < -0.39 is 0 Å². The molecule has 0 radical (unpaired) electrons. The monoisotopic (exact) mass is 352 g/mol. The minimum atomic E-state index is -0.279. The van der Waals surface area contributed by atoms with Crippen molar-refractivity contribution in [2.24, 2.45) is 0 Å². The van der Waals surface area contributed by atoms with Crippen molar-refractivity contribution in [1.29, 1.82) is 0 Å². The zero-order valence-corrected chi connectivity index (χ0v) is 14.0. The van der Waals surface area contributed by atoms with E-state index in [2.05, 4.69) is 15.2 Å². The van der Waals surface area contributed by atoms with Gasteiger partial charge in [0, 0.05) is 19.2 Å². The number of amides is 1. The summed E-state index contributed by atoms with van der Waals surface area (Å²) in [5.41, 5.74) is 1.12. The maximum Gasteiger partial charge on any atom is 0.275 e. The van der Waals surface area contributed by atoms with E-state index in [1.54, 1.807) is 29.3 Å². The highest BCUT2D eigenvalue weighted by Crippen LogP contribution is 2.32. The van der Waals surface area contributed by atoms with Gasteiger partial charge in [0.15, 0.2) is 5.69 Å². The van der Waals surface area contributed by atoms with Crippen LogP contribution in [0.3, 0.4) is 0 Å². The molecular weight excluding hydrogens is 335 g/mol. The second-order valence-corrected chi connectivity index (χ2v) is 6.24. The Morgan fingerprint density at radius 3 is 3.04 bits per heavy atom. The number of hydrogen-bond acceptors (Lipinski definition) is 5. The van der Waals surface area contributed by atoms with Crippen molar-refractivity contribution in [3.05, 3.63) is 77.5 Å². The molecule has 3 aromatic rings. The second kappa shape index (κ2) is 7.03. The lowest BCUT2D eigenvalue weighted by atomic mass is 10.1. The summed E-state index contributed by atoms with van der Waals surface area (Å²) in [5, 5.41) is 7.66. The Bertz CT molecular complexity index is 913. The number of halogens is 1. The molecule has 1 saturated heterocycles. The summed E-state index contributed by atoms with van der Waals surface area (Å²) in [7, 11) is 0. The molecule has 1 amide bonds. The number of oxazole rings is 1. The number of nitrogens with zero attached hydrogens (tertiary/aromatic N) is 4. The number of carbonyl (C=O) groups is 1. The number of hydrogen-bond donors (Lipinski definition) is 0. The highest BCUT2D eigenvalue weighted by Gasteiger charge is 2.34. The molecule has 1 fully saturated rings. The highest BCUT2D eigenvalue weighted by atomic mass is 19.1. The summed E-state index contributed by atoms with van der Waals surface area (Å²) >= 11 is 0. The van der Waals surface area contributed by atoms with Crippen LogP contribution in [0.2, 0.25) is 0 Å². The van der Waals surface area contributed by atoms with Gasteiger partial charge in [-0.1, -0.05) is 12.1 Å². The maximum absolute atomic E-state index is 13.3. The Labute approximate surface area is 149 Å². The molecule has 0 spiro atoms. The summed E-state index contributed by atoms with van der Waals surface area (Å²) in [6.45, 7) is 0.627. The Kier molecular flexibility index (Phi) is 4.43. The van der Waals surface area contributed by atoms with E-state index in [9.17, 15) is 9.18 Å². The summed E-state index contributed by atoms with van der Waals surface area (Å²) < 4.78 is 19.2. The van der Waals surface area contributed by atoms with Crippen LogP contribution in [0.1, 0.15) is 46.6 Å². The van der Waals surface area contributed by atoms with E-state index in [0.29, 0.717) is 30.3 Å². The normalized spacial score (nSPS) is 16.8. The lowest BCUT2D eigenvalue weighted by Gasteiger charge is -2.21. The van der Waals surface area contributed by atoms with Crippen molar-refractivity contribution in [3.8, 4) is 0 Å². The van der Waals surface area contributed by atoms with Gasteiger partial charge in [0.1, 0.15) is 17.6 Å². The summed E-state index contributed by atoms with van der Waals surface area (Å²) in [4.78, 5) is 18.8. The van der Waals surface area contributed by atoms with Crippen molar-refractivity contribution in [2.75, 3.05) is 6.54 Å². The molecular formula is C19H17FN4O2. The van der Waals surface area contributed by atoms with Crippen LogP contribution in [0.5, 0.6) is 0 Å². The van der Waals surface area contributed by atoms with Gasteiger partial charge in [0.25, 0.3) is 5.91 Å². The van der Waals surface area contributed by atoms with E-state index in [-0.39, 0.29) is 17.8 Å². The van der Waals surface area contributed by atoms with Gasteiger partial charge in [-0.25, -0.2) is 9.37 Å². The Morgan fingerprint density at radius 1 is 1.31 bits per heavy atom. The first-order valence-corrected chi connectivity index (χ1v) is 8.48. The zero-order chi connectivity index (χ0) is 17.9. The number of carbonyl (C=O) groups excluding carboxylic acids is 1. The van der Waals surface area contributed by atoms with Crippen molar-refractivity contribution < 1.29 is 13.6 Å². The second-order valence-electron chi connectivity index (χ2n) is 6.24. The average Bonchev–Trinajstić information content (AvgIpc) is 3.31. The number of rotatable bonds is 4. The van der Waals surface area contributed by atoms with Crippen LogP contribution in [0.25, 0.3) is 0 Å². The first-order chi connectivity index (χ1) is 12.7. The van der Waals surface area contributed by atoms with Crippen LogP contribution in [-0.2, 0) is 6.42 Å². The predicted octanol–water partition coefficient (Wildman–Crippen LogP) is 3.17. The molecule has 0 bridgehead atoms. The van der Waals surface area contributed by atoms with Gasteiger partial charge < -0.3 is 9.32 Å².